The second-order valence-electron chi connectivity index (χ2n) is 12.0. The minimum Gasteiger partial charge on any atom is -0.495 e. The van der Waals surface area contributed by atoms with Gasteiger partial charge in [0.1, 0.15) is 18.3 Å². The Balaban J connectivity index is 1.82. The molecule has 4 aromatic rings. The van der Waals surface area contributed by atoms with Crippen molar-refractivity contribution in [2.24, 2.45) is 5.92 Å². The molecule has 0 saturated carbocycles. The molecular formula is C37H42ClN3O5S. The second kappa shape index (κ2) is 16.0. The molecule has 8 nitrogen and oxygen atoms in total. The maximum absolute atomic E-state index is 14.6. The Morgan fingerprint density at radius 1 is 0.851 bits per heavy atom. The van der Waals surface area contributed by atoms with Crippen LogP contribution in [0.15, 0.2) is 102 Å². The molecule has 0 heterocycles. The molecule has 0 fully saturated rings. The van der Waals surface area contributed by atoms with E-state index < -0.39 is 28.5 Å². The van der Waals surface area contributed by atoms with Crippen LogP contribution in [-0.4, -0.2) is 51.4 Å². The van der Waals surface area contributed by atoms with E-state index in [4.69, 9.17) is 16.3 Å². The summed E-state index contributed by atoms with van der Waals surface area (Å²) in [4.78, 5) is 30.0. The lowest BCUT2D eigenvalue weighted by Crippen LogP contribution is -2.53. The predicted octanol–water partition coefficient (Wildman–Crippen LogP) is 6.57. The number of hydrogen-bond acceptors (Lipinski definition) is 5. The highest BCUT2D eigenvalue weighted by Crippen LogP contribution is 2.32. The van der Waals surface area contributed by atoms with E-state index in [0.717, 1.165) is 26.6 Å². The molecule has 1 N–H and O–H groups in total. The number of ether oxygens (including phenoxy) is 1. The molecule has 10 heteroatoms. The van der Waals surface area contributed by atoms with Gasteiger partial charge in [0.25, 0.3) is 10.0 Å². The summed E-state index contributed by atoms with van der Waals surface area (Å²) in [6, 6.07) is 27.2. The fourth-order valence-corrected chi connectivity index (χ4v) is 6.70. The zero-order valence-corrected chi connectivity index (χ0v) is 29.0. The van der Waals surface area contributed by atoms with Gasteiger partial charge in [-0.15, -0.1) is 0 Å². The van der Waals surface area contributed by atoms with Crippen LogP contribution in [0.3, 0.4) is 0 Å². The number of aryl methyl sites for hydroxylation is 2. The number of nitrogens with zero attached hydrogens (tertiary/aromatic N) is 2. The van der Waals surface area contributed by atoms with Gasteiger partial charge in [0.05, 0.1) is 22.7 Å². The number of methoxy groups -OCH3 is 1. The van der Waals surface area contributed by atoms with Gasteiger partial charge < -0.3 is 15.0 Å². The number of halogens is 1. The van der Waals surface area contributed by atoms with Gasteiger partial charge in [0.15, 0.2) is 0 Å². The Morgan fingerprint density at radius 3 is 2.04 bits per heavy atom. The van der Waals surface area contributed by atoms with Gasteiger partial charge in [-0.2, -0.15) is 0 Å². The van der Waals surface area contributed by atoms with Crippen LogP contribution in [0.5, 0.6) is 5.75 Å². The molecular weight excluding hydrogens is 634 g/mol. The van der Waals surface area contributed by atoms with E-state index in [1.165, 1.54) is 30.2 Å². The molecule has 47 heavy (non-hydrogen) atoms. The molecule has 0 saturated heterocycles. The van der Waals surface area contributed by atoms with Gasteiger partial charge >= 0.3 is 0 Å². The number of hydrogen-bond donors (Lipinski definition) is 1. The first kappa shape index (κ1) is 35.5. The topological polar surface area (TPSA) is 96.0 Å². The van der Waals surface area contributed by atoms with Crippen molar-refractivity contribution in [3.8, 4) is 5.75 Å². The first-order valence-electron chi connectivity index (χ1n) is 15.5. The van der Waals surface area contributed by atoms with E-state index in [-0.39, 0.29) is 40.4 Å². The summed E-state index contributed by atoms with van der Waals surface area (Å²) in [7, 11) is -2.79. The summed E-state index contributed by atoms with van der Waals surface area (Å²) >= 11 is 6.46. The minimum absolute atomic E-state index is 0.0171. The third-order valence-corrected chi connectivity index (χ3v) is 9.82. The van der Waals surface area contributed by atoms with Crippen molar-refractivity contribution in [1.29, 1.82) is 0 Å². The molecule has 0 aliphatic heterocycles. The van der Waals surface area contributed by atoms with E-state index in [9.17, 15) is 18.0 Å². The third-order valence-electron chi connectivity index (χ3n) is 7.74. The first-order chi connectivity index (χ1) is 22.4. The number of sulfonamides is 1. The highest BCUT2D eigenvalue weighted by atomic mass is 35.5. The lowest BCUT2D eigenvalue weighted by molar-refractivity contribution is -0.140. The lowest BCUT2D eigenvalue weighted by Gasteiger charge is -2.34. The van der Waals surface area contributed by atoms with Crippen LogP contribution in [-0.2, 0) is 32.6 Å². The van der Waals surface area contributed by atoms with Crippen LogP contribution in [0, 0.1) is 19.8 Å². The van der Waals surface area contributed by atoms with Gasteiger partial charge in [0.2, 0.25) is 11.8 Å². The highest BCUT2D eigenvalue weighted by molar-refractivity contribution is 7.92. The van der Waals surface area contributed by atoms with Crippen molar-refractivity contribution in [2.75, 3.05) is 24.5 Å². The molecule has 0 aliphatic rings. The van der Waals surface area contributed by atoms with E-state index in [1.807, 2.05) is 82.3 Å². The highest BCUT2D eigenvalue weighted by Gasteiger charge is 2.35. The predicted molar refractivity (Wildman–Crippen MR) is 187 cm³/mol. The largest absolute Gasteiger partial charge is 0.495 e. The average molecular weight is 676 g/mol. The van der Waals surface area contributed by atoms with Gasteiger partial charge in [-0.05, 0) is 61.2 Å². The molecule has 0 spiro atoms. The minimum atomic E-state index is -4.25. The number of carbonyl (C=O) groups excluding carboxylic acids is 2. The van der Waals surface area contributed by atoms with Gasteiger partial charge in [-0.1, -0.05) is 103 Å². The summed E-state index contributed by atoms with van der Waals surface area (Å²) in [5.74, 6) is -0.315. The molecule has 0 aromatic heterocycles. The Bertz CT molecular complexity index is 1760. The Hall–Kier alpha value is -4.34. The van der Waals surface area contributed by atoms with Crippen molar-refractivity contribution >= 4 is 39.1 Å². The zero-order chi connectivity index (χ0) is 34.1. The van der Waals surface area contributed by atoms with Crippen molar-refractivity contribution in [1.82, 2.24) is 10.2 Å². The summed E-state index contributed by atoms with van der Waals surface area (Å²) < 4.78 is 34.8. The van der Waals surface area contributed by atoms with E-state index in [1.54, 1.807) is 24.3 Å². The average Bonchev–Trinajstić information content (AvgIpc) is 3.05. The molecule has 0 unspecified atom stereocenters. The SMILES string of the molecule is COc1ccc(N(CC(=O)N(Cc2ccc(C)cc2)[C@H](Cc2ccccc2)C(=O)NCC(C)C)S(=O)(=O)c2ccc(C)cc2)cc1Cl. The molecule has 1 atom stereocenters. The number of carbonyl (C=O) groups is 2. The smallest absolute Gasteiger partial charge is 0.264 e. The zero-order valence-electron chi connectivity index (χ0n) is 27.4. The van der Waals surface area contributed by atoms with Crippen LogP contribution < -0.4 is 14.4 Å². The normalized spacial score (nSPS) is 12.0. The second-order valence-corrected chi connectivity index (χ2v) is 14.3. The van der Waals surface area contributed by atoms with Crippen molar-refractivity contribution in [2.45, 2.75) is 51.6 Å². The van der Waals surface area contributed by atoms with Crippen molar-refractivity contribution in [3.63, 3.8) is 0 Å². The monoisotopic (exact) mass is 675 g/mol. The molecule has 0 radical (unpaired) electrons. The number of rotatable bonds is 14. The Kier molecular flexibility index (Phi) is 12.1. The van der Waals surface area contributed by atoms with E-state index in [2.05, 4.69) is 5.32 Å². The fourth-order valence-electron chi connectivity index (χ4n) is 5.04. The number of anilines is 1. The van der Waals surface area contributed by atoms with Crippen molar-refractivity contribution < 1.29 is 22.7 Å². The van der Waals surface area contributed by atoms with E-state index >= 15 is 0 Å². The van der Waals surface area contributed by atoms with Crippen LogP contribution in [0.1, 0.15) is 36.1 Å². The van der Waals surface area contributed by atoms with Crippen molar-refractivity contribution in [3.05, 3.63) is 124 Å². The number of amides is 2. The molecule has 4 aromatic carbocycles. The maximum atomic E-state index is 14.6. The molecule has 248 valence electrons. The molecule has 0 bridgehead atoms. The Labute approximate surface area is 283 Å². The Morgan fingerprint density at radius 2 is 1.47 bits per heavy atom. The molecule has 2 amide bonds. The quantitative estimate of drug-likeness (QED) is 0.163. The standard InChI is InChI=1S/C37H42ClN3O5S/c1-26(2)23-39-37(43)34(21-29-9-7-6-8-10-29)40(24-30-15-11-27(3)12-16-30)36(42)25-41(31-17-20-35(46-5)33(38)22-31)47(44,45)32-18-13-28(4)14-19-32/h6-20,22,26,34H,21,23-25H2,1-5H3,(H,39,43)/t34-/m1/s1. The van der Waals surface area contributed by atoms with E-state index in [0.29, 0.717) is 12.3 Å². The fraction of sp³-hybridized carbons (Fsp3) is 0.297. The van der Waals surface area contributed by atoms with Crippen LogP contribution >= 0.6 is 11.6 Å². The summed E-state index contributed by atoms with van der Waals surface area (Å²) in [6.45, 7) is 7.76. The van der Waals surface area contributed by atoms with Crippen LogP contribution in [0.4, 0.5) is 5.69 Å². The van der Waals surface area contributed by atoms with Crippen LogP contribution in [0.2, 0.25) is 5.02 Å². The summed E-state index contributed by atoms with van der Waals surface area (Å²) in [5, 5.41) is 3.19. The van der Waals surface area contributed by atoms with Crippen LogP contribution in [0.25, 0.3) is 0 Å². The lowest BCUT2D eigenvalue weighted by atomic mass is 10.0. The summed E-state index contributed by atoms with van der Waals surface area (Å²) in [6.07, 6.45) is 0.238. The number of nitrogens with one attached hydrogen (secondary N) is 1. The third kappa shape index (κ3) is 9.36. The molecule has 4 rings (SSSR count). The first-order valence-corrected chi connectivity index (χ1v) is 17.3. The van der Waals surface area contributed by atoms with Gasteiger partial charge in [-0.25, -0.2) is 8.42 Å². The van der Waals surface area contributed by atoms with Gasteiger partial charge in [0, 0.05) is 19.5 Å². The maximum Gasteiger partial charge on any atom is 0.264 e. The number of benzene rings is 4. The van der Waals surface area contributed by atoms with Gasteiger partial charge in [-0.3, -0.25) is 13.9 Å². The molecule has 0 aliphatic carbocycles. The summed E-state index contributed by atoms with van der Waals surface area (Å²) in [5.41, 5.74) is 3.79.